The van der Waals surface area contributed by atoms with E-state index in [1.807, 2.05) is 12.1 Å². The molecule has 1 saturated heterocycles. The number of fused-ring (bicyclic) bond motifs is 1. The molecular formula is C20H20ClN3O3S. The summed E-state index contributed by atoms with van der Waals surface area (Å²) < 4.78 is 26.9. The molecule has 0 saturated carbocycles. The third kappa shape index (κ3) is 3.65. The van der Waals surface area contributed by atoms with Gasteiger partial charge in [0.05, 0.1) is 15.4 Å². The number of hydrogen-bond donors (Lipinski definition) is 2. The van der Waals surface area contributed by atoms with Crippen LogP contribution in [-0.4, -0.2) is 36.7 Å². The highest BCUT2D eigenvalue weighted by atomic mass is 35.5. The predicted molar refractivity (Wildman–Crippen MR) is 110 cm³/mol. The lowest BCUT2D eigenvalue weighted by molar-refractivity contribution is 0.102. The van der Waals surface area contributed by atoms with Gasteiger partial charge in [-0.2, -0.15) is 4.31 Å². The van der Waals surface area contributed by atoms with Crippen molar-refractivity contribution in [2.45, 2.75) is 24.2 Å². The van der Waals surface area contributed by atoms with Crippen LogP contribution in [0.4, 0.5) is 5.69 Å². The second kappa shape index (κ2) is 7.58. The molecule has 28 heavy (non-hydrogen) atoms. The van der Waals surface area contributed by atoms with Gasteiger partial charge in [0.25, 0.3) is 5.91 Å². The van der Waals surface area contributed by atoms with E-state index < -0.39 is 10.0 Å². The molecule has 4 rings (SSSR count). The molecule has 0 unspecified atom stereocenters. The second-order valence-corrected chi connectivity index (χ2v) is 9.18. The fourth-order valence-electron chi connectivity index (χ4n) is 3.40. The molecule has 2 aromatic carbocycles. The first kappa shape index (κ1) is 19.0. The van der Waals surface area contributed by atoms with E-state index >= 15 is 0 Å². The molecule has 0 radical (unpaired) electrons. The Hall–Kier alpha value is -2.35. The number of anilines is 1. The molecule has 2 N–H and O–H groups in total. The van der Waals surface area contributed by atoms with E-state index in [1.54, 1.807) is 24.3 Å². The molecule has 0 spiro atoms. The van der Waals surface area contributed by atoms with Crippen LogP contribution in [0.3, 0.4) is 0 Å². The van der Waals surface area contributed by atoms with Crippen molar-refractivity contribution in [2.24, 2.45) is 0 Å². The van der Waals surface area contributed by atoms with Gasteiger partial charge in [0.2, 0.25) is 10.0 Å². The smallest absolute Gasteiger partial charge is 0.272 e. The molecule has 1 aromatic heterocycles. The lowest BCUT2D eigenvalue weighted by Crippen LogP contribution is -2.35. The van der Waals surface area contributed by atoms with Crippen molar-refractivity contribution in [2.75, 3.05) is 18.4 Å². The number of rotatable bonds is 4. The number of aromatic amines is 1. The topological polar surface area (TPSA) is 82.3 Å². The van der Waals surface area contributed by atoms with Crippen LogP contribution in [0.2, 0.25) is 5.02 Å². The summed E-state index contributed by atoms with van der Waals surface area (Å²) in [5.74, 6) is -0.320. The van der Waals surface area contributed by atoms with Crippen LogP contribution in [0.5, 0.6) is 0 Å². The number of hydrogen-bond acceptors (Lipinski definition) is 3. The Labute approximate surface area is 168 Å². The maximum absolute atomic E-state index is 12.7. The average Bonchev–Trinajstić information content (AvgIpc) is 3.15. The Morgan fingerprint density at radius 1 is 1.04 bits per heavy atom. The fourth-order valence-corrected chi connectivity index (χ4v) is 5.15. The lowest BCUT2D eigenvalue weighted by Gasteiger charge is -2.25. The maximum Gasteiger partial charge on any atom is 0.272 e. The van der Waals surface area contributed by atoms with Crippen molar-refractivity contribution in [3.8, 4) is 0 Å². The number of benzene rings is 2. The third-order valence-corrected chi connectivity index (χ3v) is 7.14. The summed E-state index contributed by atoms with van der Waals surface area (Å²) >= 11 is 6.14. The monoisotopic (exact) mass is 417 g/mol. The van der Waals surface area contributed by atoms with Gasteiger partial charge < -0.3 is 10.3 Å². The molecule has 6 nitrogen and oxygen atoms in total. The van der Waals surface area contributed by atoms with Crippen LogP contribution >= 0.6 is 11.6 Å². The van der Waals surface area contributed by atoms with Gasteiger partial charge in [0.15, 0.2) is 0 Å². The number of carbonyl (C=O) groups is 1. The van der Waals surface area contributed by atoms with Gasteiger partial charge in [0.1, 0.15) is 5.69 Å². The highest BCUT2D eigenvalue weighted by Gasteiger charge is 2.25. The van der Waals surface area contributed by atoms with Crippen LogP contribution in [0.25, 0.3) is 10.9 Å². The van der Waals surface area contributed by atoms with E-state index in [-0.39, 0.29) is 10.8 Å². The minimum atomic E-state index is -3.48. The zero-order chi connectivity index (χ0) is 19.7. The molecule has 0 bridgehead atoms. The number of H-pyrrole nitrogens is 1. The van der Waals surface area contributed by atoms with E-state index in [0.29, 0.717) is 35.0 Å². The van der Waals surface area contributed by atoms with E-state index in [1.165, 1.54) is 16.4 Å². The summed E-state index contributed by atoms with van der Waals surface area (Å²) in [4.78, 5) is 15.8. The molecule has 3 aromatic rings. The van der Waals surface area contributed by atoms with Gasteiger partial charge in [-0.1, -0.05) is 30.2 Å². The highest BCUT2D eigenvalue weighted by molar-refractivity contribution is 7.89. The zero-order valence-corrected chi connectivity index (χ0v) is 16.7. The molecule has 1 fully saturated rings. The number of sulfonamides is 1. The Balaban J connectivity index is 1.50. The maximum atomic E-state index is 12.7. The third-order valence-electron chi connectivity index (χ3n) is 4.91. The molecule has 146 valence electrons. The Morgan fingerprint density at radius 3 is 2.43 bits per heavy atom. The first-order chi connectivity index (χ1) is 13.4. The summed E-state index contributed by atoms with van der Waals surface area (Å²) in [7, 11) is -3.48. The largest absolute Gasteiger partial charge is 0.349 e. The normalized spacial score (nSPS) is 15.6. The van der Waals surface area contributed by atoms with Crippen LogP contribution in [0.15, 0.2) is 53.4 Å². The quantitative estimate of drug-likeness (QED) is 0.665. The van der Waals surface area contributed by atoms with Crippen molar-refractivity contribution in [1.29, 1.82) is 0 Å². The first-order valence-electron chi connectivity index (χ1n) is 9.14. The van der Waals surface area contributed by atoms with Crippen LogP contribution in [0, 0.1) is 0 Å². The van der Waals surface area contributed by atoms with Crippen molar-refractivity contribution in [1.82, 2.24) is 9.29 Å². The van der Waals surface area contributed by atoms with Crippen LogP contribution in [0.1, 0.15) is 29.8 Å². The summed E-state index contributed by atoms with van der Waals surface area (Å²) in [6.45, 7) is 1.12. The summed E-state index contributed by atoms with van der Waals surface area (Å²) in [6, 6.07) is 13.4. The number of piperidine rings is 1. The van der Waals surface area contributed by atoms with E-state index in [2.05, 4.69) is 10.3 Å². The van der Waals surface area contributed by atoms with Gasteiger partial charge in [-0.05, 0) is 49.2 Å². The van der Waals surface area contributed by atoms with Gasteiger partial charge in [0, 0.05) is 24.2 Å². The van der Waals surface area contributed by atoms with E-state index in [9.17, 15) is 13.2 Å². The fraction of sp³-hybridized carbons (Fsp3) is 0.250. The minimum Gasteiger partial charge on any atom is -0.349 e. The second-order valence-electron chi connectivity index (χ2n) is 6.83. The molecular weight excluding hydrogens is 398 g/mol. The SMILES string of the molecule is O=C(Nc1ccc(S(=O)(=O)N2CCCCC2)cc1)c1cc2cccc(Cl)c2[nH]1. The van der Waals surface area contributed by atoms with Crippen molar-refractivity contribution < 1.29 is 13.2 Å². The number of nitrogens with one attached hydrogen (secondary N) is 2. The Bertz CT molecular complexity index is 1120. The predicted octanol–water partition coefficient (Wildman–Crippen LogP) is 4.25. The molecule has 1 aliphatic heterocycles. The van der Waals surface area contributed by atoms with E-state index in [0.717, 1.165) is 24.6 Å². The molecule has 0 aliphatic carbocycles. The van der Waals surface area contributed by atoms with Gasteiger partial charge >= 0.3 is 0 Å². The van der Waals surface area contributed by atoms with Gasteiger partial charge in [-0.3, -0.25) is 4.79 Å². The molecule has 0 atom stereocenters. The van der Waals surface area contributed by atoms with Crippen molar-refractivity contribution in [3.63, 3.8) is 0 Å². The van der Waals surface area contributed by atoms with Crippen LogP contribution in [-0.2, 0) is 10.0 Å². The number of para-hydroxylation sites is 1. The molecule has 1 amide bonds. The van der Waals surface area contributed by atoms with E-state index in [4.69, 9.17) is 11.6 Å². The zero-order valence-electron chi connectivity index (χ0n) is 15.1. The molecule has 2 heterocycles. The van der Waals surface area contributed by atoms with Gasteiger partial charge in [-0.25, -0.2) is 8.42 Å². The van der Waals surface area contributed by atoms with Crippen molar-refractivity contribution in [3.05, 3.63) is 59.2 Å². The lowest BCUT2D eigenvalue weighted by atomic mass is 10.2. The first-order valence-corrected chi connectivity index (χ1v) is 11.0. The Morgan fingerprint density at radius 2 is 1.75 bits per heavy atom. The number of halogens is 1. The number of nitrogens with zero attached hydrogens (tertiary/aromatic N) is 1. The van der Waals surface area contributed by atoms with Gasteiger partial charge in [-0.15, -0.1) is 0 Å². The molecule has 1 aliphatic rings. The minimum absolute atomic E-state index is 0.241. The van der Waals surface area contributed by atoms with Crippen LogP contribution < -0.4 is 5.32 Å². The van der Waals surface area contributed by atoms with Crippen molar-refractivity contribution >= 4 is 44.1 Å². The number of carbonyl (C=O) groups excluding carboxylic acids is 1. The summed E-state index contributed by atoms with van der Waals surface area (Å²) in [5.41, 5.74) is 1.61. The standard InChI is InChI=1S/C20H20ClN3O3S/c21-17-6-4-5-14-13-18(23-19(14)17)20(25)22-15-7-9-16(10-8-15)28(26,27)24-11-2-1-3-12-24/h4-10,13,23H,1-3,11-12H2,(H,22,25). The number of amides is 1. The highest BCUT2D eigenvalue weighted by Crippen LogP contribution is 2.25. The summed E-state index contributed by atoms with van der Waals surface area (Å²) in [6.07, 6.45) is 2.85. The molecule has 8 heteroatoms. The average molecular weight is 418 g/mol. The Kier molecular flexibility index (Phi) is 5.14. The number of aromatic nitrogens is 1. The summed E-state index contributed by atoms with van der Waals surface area (Å²) in [5, 5.41) is 4.17.